The number of alkyl carbamates (subject to hydrolysis) is 2. The van der Waals surface area contributed by atoms with Gasteiger partial charge in [-0.2, -0.15) is 0 Å². The molecule has 3 amide bonds. The van der Waals surface area contributed by atoms with Crippen molar-refractivity contribution in [3.05, 3.63) is 65.7 Å². The Morgan fingerprint density at radius 2 is 1.36 bits per heavy atom. The highest BCUT2D eigenvalue weighted by Crippen LogP contribution is 2.27. The fourth-order valence-electron chi connectivity index (χ4n) is 4.71. The minimum Gasteiger partial charge on any atom is -0.508 e. The van der Waals surface area contributed by atoms with Crippen molar-refractivity contribution in [3.63, 3.8) is 0 Å². The number of ketones is 1. The molecule has 0 aliphatic heterocycles. The summed E-state index contributed by atoms with van der Waals surface area (Å²) in [4.78, 5) is 51.5. The summed E-state index contributed by atoms with van der Waals surface area (Å²) in [5, 5.41) is 27.9. The molecule has 2 aromatic rings. The van der Waals surface area contributed by atoms with Crippen LogP contribution in [0.5, 0.6) is 5.75 Å². The van der Waals surface area contributed by atoms with Crippen molar-refractivity contribution in [3.8, 4) is 5.75 Å². The maximum Gasteiger partial charge on any atom is 0.407 e. The number of aliphatic hydroxyl groups excluding tert-OH is 1. The molecule has 0 aliphatic carbocycles. The van der Waals surface area contributed by atoms with E-state index in [0.29, 0.717) is 11.1 Å². The van der Waals surface area contributed by atoms with Crippen LogP contribution in [0, 0.1) is 17.8 Å². The van der Waals surface area contributed by atoms with Crippen molar-refractivity contribution < 1.29 is 38.9 Å². The smallest absolute Gasteiger partial charge is 0.407 e. The van der Waals surface area contributed by atoms with Gasteiger partial charge in [0, 0.05) is 19.1 Å². The molecule has 2 rings (SSSR count). The molecule has 7 N–H and O–H groups in total. The van der Waals surface area contributed by atoms with Crippen LogP contribution in [0.25, 0.3) is 0 Å². The van der Waals surface area contributed by atoms with E-state index in [-0.39, 0.29) is 30.7 Å². The lowest BCUT2D eigenvalue weighted by Gasteiger charge is -2.35. The van der Waals surface area contributed by atoms with Crippen LogP contribution in [0.3, 0.4) is 0 Å². The van der Waals surface area contributed by atoms with Gasteiger partial charge in [0.05, 0.1) is 32.3 Å². The van der Waals surface area contributed by atoms with Gasteiger partial charge in [-0.3, -0.25) is 15.0 Å². The highest BCUT2D eigenvalue weighted by Gasteiger charge is 2.40. The molecule has 0 saturated heterocycles. The third kappa shape index (κ3) is 10.5. The van der Waals surface area contributed by atoms with Crippen LogP contribution >= 0.6 is 0 Å². The first-order valence-electron chi connectivity index (χ1n) is 14.3. The molecule has 13 nitrogen and oxygen atoms in total. The van der Waals surface area contributed by atoms with Crippen LogP contribution in [0.15, 0.2) is 54.6 Å². The Morgan fingerprint density at radius 1 is 0.841 bits per heavy atom. The monoisotopic (exact) mass is 615 g/mol. The number of Topliss-reactive ketones (excluding diaryl/α,β-unsaturated/α-hetero) is 1. The molecule has 13 heteroatoms. The lowest BCUT2D eigenvalue weighted by molar-refractivity contribution is -0.133. The Balaban J connectivity index is 2.49. The quantitative estimate of drug-likeness (QED) is 0.162. The Bertz CT molecular complexity index is 1230. The van der Waals surface area contributed by atoms with Gasteiger partial charge in [0.15, 0.2) is 5.78 Å². The standard InChI is InChI=1S/C31H45N5O8/c1-18(2)26(33-30(41)43-5)28(39)24(25(32)21-10-8-7-9-11-21)23(38)17-36(16-20-12-14-22(37)15-13-20)35-29(40)27(19(3)4)34-31(42)44-6/h7-15,18-19,23-27,37-38H,16-17,32H2,1-6H3,(H,33,41)(H,34,42)(H,35,40)/t23-,24?,25?,26-,27-/m0/s1. The van der Waals surface area contributed by atoms with Crippen molar-refractivity contribution in [1.29, 1.82) is 0 Å². The predicted molar refractivity (Wildman–Crippen MR) is 163 cm³/mol. The topological polar surface area (TPSA) is 193 Å². The minimum absolute atomic E-state index is 0.0452. The van der Waals surface area contributed by atoms with Gasteiger partial charge in [0.25, 0.3) is 5.91 Å². The van der Waals surface area contributed by atoms with E-state index in [1.165, 1.54) is 31.4 Å². The number of carbonyl (C=O) groups excluding carboxylic acids is 4. The average Bonchev–Trinajstić information content (AvgIpc) is 2.99. The van der Waals surface area contributed by atoms with Crippen molar-refractivity contribution in [1.82, 2.24) is 21.1 Å². The summed E-state index contributed by atoms with van der Waals surface area (Å²) in [7, 11) is 2.37. The van der Waals surface area contributed by atoms with E-state index in [1.54, 1.807) is 70.2 Å². The molecule has 0 bridgehead atoms. The Labute approximate surface area is 258 Å². The molecule has 2 aromatic carbocycles. The van der Waals surface area contributed by atoms with Crippen molar-refractivity contribution >= 4 is 23.9 Å². The number of phenols is 1. The SMILES string of the molecule is COC(=O)N[C@H](C(=O)NN(Cc1ccc(O)cc1)C[C@H](O)C(C(=O)[C@@H](NC(=O)OC)C(C)C)C(N)c1ccccc1)C(C)C. The number of benzene rings is 2. The molecular formula is C31H45N5O8. The van der Waals surface area contributed by atoms with Gasteiger partial charge >= 0.3 is 12.2 Å². The van der Waals surface area contributed by atoms with Crippen LogP contribution in [-0.2, 0) is 25.6 Å². The molecule has 44 heavy (non-hydrogen) atoms. The number of ether oxygens (including phenoxy) is 2. The Hall–Kier alpha value is -4.20. The second-order valence-corrected chi connectivity index (χ2v) is 11.2. The normalized spacial score (nSPS) is 14.7. The number of phenolic OH excluding ortho intramolecular Hbond substituents is 1. The summed E-state index contributed by atoms with van der Waals surface area (Å²) in [6, 6.07) is 12.0. The fourth-order valence-corrected chi connectivity index (χ4v) is 4.71. The zero-order valence-corrected chi connectivity index (χ0v) is 26.0. The summed E-state index contributed by atoms with van der Waals surface area (Å²) in [6.45, 7) is 6.76. The number of nitrogens with zero attached hydrogens (tertiary/aromatic N) is 1. The number of aliphatic hydroxyl groups is 1. The molecule has 0 aliphatic rings. The number of aromatic hydroxyl groups is 1. The van der Waals surface area contributed by atoms with Gasteiger partial charge < -0.3 is 36.1 Å². The van der Waals surface area contributed by atoms with E-state index >= 15 is 0 Å². The average molecular weight is 616 g/mol. The lowest BCUT2D eigenvalue weighted by Crippen LogP contribution is -2.57. The molecule has 2 unspecified atom stereocenters. The summed E-state index contributed by atoms with van der Waals surface area (Å²) >= 11 is 0. The van der Waals surface area contributed by atoms with Gasteiger partial charge in [-0.15, -0.1) is 0 Å². The van der Waals surface area contributed by atoms with E-state index in [0.717, 1.165) is 0 Å². The molecule has 0 fully saturated rings. The maximum atomic E-state index is 14.0. The molecule has 0 aromatic heterocycles. The van der Waals surface area contributed by atoms with E-state index < -0.39 is 54.0 Å². The fraction of sp³-hybridized carbons (Fsp3) is 0.484. The maximum absolute atomic E-state index is 14.0. The van der Waals surface area contributed by atoms with Gasteiger partial charge in [-0.05, 0) is 35.1 Å². The highest BCUT2D eigenvalue weighted by molar-refractivity contribution is 5.90. The molecule has 0 saturated carbocycles. The van der Waals surface area contributed by atoms with Crippen molar-refractivity contribution in [2.45, 2.75) is 58.5 Å². The molecule has 0 radical (unpaired) electrons. The highest BCUT2D eigenvalue weighted by atomic mass is 16.5. The number of rotatable bonds is 15. The number of hydrazine groups is 1. The van der Waals surface area contributed by atoms with Crippen molar-refractivity contribution in [2.75, 3.05) is 20.8 Å². The van der Waals surface area contributed by atoms with Gasteiger partial charge in [-0.1, -0.05) is 70.2 Å². The first-order chi connectivity index (χ1) is 20.8. The summed E-state index contributed by atoms with van der Waals surface area (Å²) in [5.41, 5.74) is 10.6. The van der Waals surface area contributed by atoms with Gasteiger partial charge in [0.1, 0.15) is 11.8 Å². The van der Waals surface area contributed by atoms with E-state index in [2.05, 4.69) is 20.8 Å². The van der Waals surface area contributed by atoms with Crippen LogP contribution in [0.2, 0.25) is 0 Å². The number of hydrogen-bond donors (Lipinski definition) is 6. The third-order valence-corrected chi connectivity index (χ3v) is 7.14. The van der Waals surface area contributed by atoms with E-state index in [1.807, 2.05) is 0 Å². The summed E-state index contributed by atoms with van der Waals surface area (Å²) in [5.74, 6) is -2.98. The second kappa shape index (κ2) is 17.2. The van der Waals surface area contributed by atoms with Crippen molar-refractivity contribution in [2.24, 2.45) is 23.5 Å². The van der Waals surface area contributed by atoms with Crippen LogP contribution in [0.4, 0.5) is 9.59 Å². The number of nitrogens with one attached hydrogen (secondary N) is 3. The second-order valence-electron chi connectivity index (χ2n) is 11.2. The molecular weight excluding hydrogens is 570 g/mol. The van der Waals surface area contributed by atoms with E-state index in [9.17, 15) is 29.4 Å². The largest absolute Gasteiger partial charge is 0.508 e. The van der Waals surface area contributed by atoms with Crippen LogP contribution < -0.4 is 21.8 Å². The van der Waals surface area contributed by atoms with E-state index in [4.69, 9.17) is 10.5 Å². The Morgan fingerprint density at radius 3 is 1.86 bits per heavy atom. The van der Waals surface area contributed by atoms with Crippen LogP contribution in [0.1, 0.15) is 44.9 Å². The zero-order chi connectivity index (χ0) is 33.0. The number of carbonyl (C=O) groups is 4. The molecule has 0 heterocycles. The molecule has 0 spiro atoms. The van der Waals surface area contributed by atoms with Crippen LogP contribution in [-0.4, -0.2) is 78.1 Å². The first-order valence-corrected chi connectivity index (χ1v) is 14.3. The third-order valence-electron chi connectivity index (χ3n) is 7.14. The molecule has 5 atom stereocenters. The van der Waals surface area contributed by atoms with Gasteiger partial charge in [0.2, 0.25) is 0 Å². The number of nitrogens with two attached hydrogens (primary N) is 1. The predicted octanol–water partition coefficient (Wildman–Crippen LogP) is 2.23. The minimum atomic E-state index is -1.44. The number of amides is 3. The summed E-state index contributed by atoms with van der Waals surface area (Å²) in [6.07, 6.45) is -3.04. The zero-order valence-electron chi connectivity index (χ0n) is 26.0. The Kier molecular flexibility index (Phi) is 14.1. The van der Waals surface area contributed by atoms with Gasteiger partial charge in [-0.25, -0.2) is 14.6 Å². The number of methoxy groups -OCH3 is 2. The first kappa shape index (κ1) is 36.0. The number of hydrogen-bond acceptors (Lipinski definition) is 10. The molecule has 242 valence electrons. The summed E-state index contributed by atoms with van der Waals surface area (Å²) < 4.78 is 9.38. The lowest BCUT2D eigenvalue weighted by atomic mass is 9.80.